The fourth-order valence-corrected chi connectivity index (χ4v) is 2.42. The normalized spacial score (nSPS) is 12.9. The Morgan fingerprint density at radius 2 is 2.05 bits per heavy atom. The molecule has 1 amide bonds. The maximum absolute atomic E-state index is 12.1. The van der Waals surface area contributed by atoms with E-state index < -0.39 is 17.6 Å². The minimum absolute atomic E-state index is 0.217. The van der Waals surface area contributed by atoms with Gasteiger partial charge in [-0.2, -0.15) is 0 Å². The first kappa shape index (κ1) is 15.7. The molecule has 19 heavy (non-hydrogen) atoms. The Bertz CT molecular complexity index is 460. The molecule has 0 radical (unpaired) electrons. The minimum atomic E-state index is -0.654. The average Bonchev–Trinajstić information content (AvgIpc) is 2.74. The number of esters is 1. The number of aryl methyl sites for hydroxylation is 1. The van der Waals surface area contributed by atoms with E-state index >= 15 is 0 Å². The van der Waals surface area contributed by atoms with Crippen molar-refractivity contribution in [1.82, 2.24) is 5.32 Å². The molecule has 0 spiro atoms. The minimum Gasteiger partial charge on any atom is -0.458 e. The van der Waals surface area contributed by atoms with E-state index in [9.17, 15) is 9.59 Å². The zero-order chi connectivity index (χ0) is 14.6. The van der Waals surface area contributed by atoms with Crippen molar-refractivity contribution in [3.8, 4) is 0 Å². The van der Waals surface area contributed by atoms with Crippen LogP contribution in [-0.4, -0.2) is 23.5 Å². The molecule has 1 N–H and O–H groups in total. The van der Waals surface area contributed by atoms with Gasteiger partial charge in [-0.3, -0.25) is 4.79 Å². The highest BCUT2D eigenvalue weighted by Gasteiger charge is 2.24. The summed E-state index contributed by atoms with van der Waals surface area (Å²) in [5.74, 6) is -0.638. The van der Waals surface area contributed by atoms with E-state index in [4.69, 9.17) is 4.74 Å². The molecule has 0 unspecified atom stereocenters. The second-order valence-corrected chi connectivity index (χ2v) is 6.27. The molecule has 0 fully saturated rings. The molecule has 0 aliphatic carbocycles. The van der Waals surface area contributed by atoms with Gasteiger partial charge in [0.15, 0.2) is 0 Å². The molecule has 106 valence electrons. The molecule has 1 aromatic heterocycles. The molecular formula is C14H21NO3S. The second-order valence-electron chi connectivity index (χ2n) is 5.36. The van der Waals surface area contributed by atoms with Crippen molar-refractivity contribution in [2.75, 3.05) is 0 Å². The molecule has 1 aromatic rings. The van der Waals surface area contributed by atoms with Crippen molar-refractivity contribution in [2.24, 2.45) is 0 Å². The third kappa shape index (κ3) is 4.67. The Hall–Kier alpha value is -1.36. The number of ether oxygens (including phenoxy) is 1. The first-order valence-electron chi connectivity index (χ1n) is 6.34. The number of rotatable bonds is 4. The maximum Gasteiger partial charge on any atom is 0.328 e. The number of thiophene rings is 1. The number of amides is 1. The van der Waals surface area contributed by atoms with E-state index in [1.54, 1.807) is 27.7 Å². The van der Waals surface area contributed by atoms with Crippen LogP contribution < -0.4 is 5.32 Å². The van der Waals surface area contributed by atoms with Crippen molar-refractivity contribution in [2.45, 2.75) is 52.7 Å². The van der Waals surface area contributed by atoms with Gasteiger partial charge in [0.25, 0.3) is 5.91 Å². The van der Waals surface area contributed by atoms with Gasteiger partial charge in [-0.15, -0.1) is 11.3 Å². The topological polar surface area (TPSA) is 55.4 Å². The summed E-state index contributed by atoms with van der Waals surface area (Å²) in [7, 11) is 0. The van der Waals surface area contributed by atoms with E-state index in [2.05, 4.69) is 5.32 Å². The molecule has 1 rings (SSSR count). The summed E-state index contributed by atoms with van der Waals surface area (Å²) in [6, 6.07) is 1.27. The Balaban J connectivity index is 2.64. The van der Waals surface area contributed by atoms with Crippen LogP contribution in [0.3, 0.4) is 0 Å². The molecule has 0 aliphatic heterocycles. The van der Waals surface area contributed by atoms with Gasteiger partial charge in [-0.05, 0) is 51.1 Å². The van der Waals surface area contributed by atoms with Crippen molar-refractivity contribution in [3.05, 3.63) is 21.9 Å². The molecule has 1 heterocycles. The van der Waals surface area contributed by atoms with E-state index in [0.717, 1.165) is 12.0 Å². The van der Waals surface area contributed by atoms with Crippen LogP contribution in [0.25, 0.3) is 0 Å². The Kier molecular flexibility index (Phi) is 5.11. The average molecular weight is 283 g/mol. The fraction of sp³-hybridized carbons (Fsp3) is 0.571. The zero-order valence-corrected chi connectivity index (χ0v) is 12.9. The van der Waals surface area contributed by atoms with Gasteiger partial charge in [0, 0.05) is 0 Å². The van der Waals surface area contributed by atoms with Crippen molar-refractivity contribution in [3.63, 3.8) is 0 Å². The summed E-state index contributed by atoms with van der Waals surface area (Å²) in [4.78, 5) is 24.5. The van der Waals surface area contributed by atoms with E-state index in [1.165, 1.54) is 11.3 Å². The van der Waals surface area contributed by atoms with Crippen LogP contribution in [-0.2, 0) is 16.0 Å². The van der Waals surface area contributed by atoms with Gasteiger partial charge < -0.3 is 10.1 Å². The van der Waals surface area contributed by atoms with Gasteiger partial charge >= 0.3 is 5.97 Å². The SMILES string of the molecule is CCc1ccsc1C(=O)N[C@H](C)C(=O)OC(C)(C)C. The van der Waals surface area contributed by atoms with Gasteiger partial charge in [-0.25, -0.2) is 4.79 Å². The molecular weight excluding hydrogens is 262 g/mol. The number of hydrogen-bond acceptors (Lipinski definition) is 4. The third-order valence-electron chi connectivity index (χ3n) is 2.44. The summed E-state index contributed by atoms with van der Waals surface area (Å²) in [5.41, 5.74) is 0.451. The highest BCUT2D eigenvalue weighted by molar-refractivity contribution is 7.12. The van der Waals surface area contributed by atoms with Crippen molar-refractivity contribution < 1.29 is 14.3 Å². The molecule has 1 atom stereocenters. The van der Waals surface area contributed by atoms with Gasteiger partial charge in [0.05, 0.1) is 4.88 Å². The number of carbonyl (C=O) groups is 2. The molecule has 0 aromatic carbocycles. The van der Waals surface area contributed by atoms with Gasteiger partial charge in [-0.1, -0.05) is 6.92 Å². The molecule has 4 nitrogen and oxygen atoms in total. The maximum atomic E-state index is 12.1. The molecule has 5 heteroatoms. The summed E-state index contributed by atoms with van der Waals surface area (Å²) in [6.07, 6.45) is 0.799. The van der Waals surface area contributed by atoms with Crippen LogP contribution >= 0.6 is 11.3 Å². The molecule has 0 saturated heterocycles. The lowest BCUT2D eigenvalue weighted by Gasteiger charge is -2.22. The predicted molar refractivity (Wildman–Crippen MR) is 76.5 cm³/mol. The number of carbonyl (C=O) groups excluding carboxylic acids is 2. The first-order valence-corrected chi connectivity index (χ1v) is 7.22. The molecule has 0 saturated carbocycles. The standard InChI is InChI=1S/C14H21NO3S/c1-6-10-7-8-19-11(10)12(16)15-9(2)13(17)18-14(3,4)5/h7-9H,6H2,1-5H3,(H,15,16)/t9-/m1/s1. The van der Waals surface area contributed by atoms with Crippen LogP contribution in [0.5, 0.6) is 0 Å². The van der Waals surface area contributed by atoms with Gasteiger partial charge in [0.1, 0.15) is 11.6 Å². The van der Waals surface area contributed by atoms with Gasteiger partial charge in [0.2, 0.25) is 0 Å². The van der Waals surface area contributed by atoms with Crippen LogP contribution in [0.15, 0.2) is 11.4 Å². The van der Waals surface area contributed by atoms with Crippen LogP contribution in [0.4, 0.5) is 0 Å². The van der Waals surface area contributed by atoms with E-state index in [-0.39, 0.29) is 5.91 Å². The number of nitrogens with one attached hydrogen (secondary N) is 1. The van der Waals surface area contributed by atoms with Crippen molar-refractivity contribution in [1.29, 1.82) is 0 Å². The van der Waals surface area contributed by atoms with Crippen molar-refractivity contribution >= 4 is 23.2 Å². The highest BCUT2D eigenvalue weighted by atomic mass is 32.1. The lowest BCUT2D eigenvalue weighted by Crippen LogP contribution is -2.42. The lowest BCUT2D eigenvalue weighted by molar-refractivity contribution is -0.156. The van der Waals surface area contributed by atoms with Crippen LogP contribution in [0, 0.1) is 0 Å². The fourth-order valence-electron chi connectivity index (χ4n) is 1.52. The zero-order valence-electron chi connectivity index (χ0n) is 12.1. The van der Waals surface area contributed by atoms with E-state index in [0.29, 0.717) is 4.88 Å². The third-order valence-corrected chi connectivity index (χ3v) is 3.40. The van der Waals surface area contributed by atoms with E-state index in [1.807, 2.05) is 18.4 Å². The Morgan fingerprint density at radius 1 is 1.42 bits per heavy atom. The monoisotopic (exact) mass is 283 g/mol. The largest absolute Gasteiger partial charge is 0.458 e. The summed E-state index contributed by atoms with van der Waals surface area (Å²) in [6.45, 7) is 9.02. The highest BCUT2D eigenvalue weighted by Crippen LogP contribution is 2.17. The second kappa shape index (κ2) is 6.19. The molecule has 0 bridgehead atoms. The summed E-state index contributed by atoms with van der Waals surface area (Å²) < 4.78 is 5.22. The summed E-state index contributed by atoms with van der Waals surface area (Å²) in [5, 5.41) is 4.56. The van der Waals surface area contributed by atoms with Crippen LogP contribution in [0.1, 0.15) is 49.9 Å². The van der Waals surface area contributed by atoms with Crippen LogP contribution in [0.2, 0.25) is 0 Å². The predicted octanol–water partition coefficient (Wildman–Crippen LogP) is 2.77. The molecule has 0 aliphatic rings. The lowest BCUT2D eigenvalue weighted by atomic mass is 10.2. The quantitative estimate of drug-likeness (QED) is 0.864. The Labute approximate surface area is 118 Å². The first-order chi connectivity index (χ1) is 8.74. The number of hydrogen-bond donors (Lipinski definition) is 1. The Morgan fingerprint density at radius 3 is 2.58 bits per heavy atom. The smallest absolute Gasteiger partial charge is 0.328 e. The summed E-state index contributed by atoms with van der Waals surface area (Å²) >= 11 is 1.38.